The van der Waals surface area contributed by atoms with Crippen LogP contribution in [0.1, 0.15) is 0 Å². The van der Waals surface area contributed by atoms with E-state index >= 15 is 0 Å². The first kappa shape index (κ1) is 13.6. The molecule has 1 N–H and O–H groups in total. The fourth-order valence-electron chi connectivity index (χ4n) is 1.84. The number of hydrogen-bond donors (Lipinski definition) is 1. The average molecular weight is 247 g/mol. The fourth-order valence-corrected chi connectivity index (χ4v) is 2.67. The Hall–Kier alpha value is -0.430. The predicted molar refractivity (Wildman–Crippen MR) is 65.9 cm³/mol. The van der Waals surface area contributed by atoms with Crippen molar-refractivity contribution in [1.82, 2.24) is 14.5 Å². The molecular weight excluding hydrogens is 226 g/mol. The van der Waals surface area contributed by atoms with Crippen LogP contribution in [0.3, 0.4) is 0 Å². The fraction of sp³-hybridized carbons (Fsp3) is 0.800. The van der Waals surface area contributed by atoms with Gasteiger partial charge in [-0.05, 0) is 12.6 Å². The summed E-state index contributed by atoms with van der Waals surface area (Å²) in [6.45, 7) is 8.38. The zero-order chi connectivity index (χ0) is 12.2. The van der Waals surface area contributed by atoms with Gasteiger partial charge >= 0.3 is 0 Å². The summed E-state index contributed by atoms with van der Waals surface area (Å²) in [4.78, 5) is 2.24. The van der Waals surface area contributed by atoms with Gasteiger partial charge in [-0.1, -0.05) is 6.58 Å². The van der Waals surface area contributed by atoms with Gasteiger partial charge in [0.1, 0.15) is 0 Å². The maximum atomic E-state index is 11.3. The Morgan fingerprint density at radius 1 is 1.31 bits per heavy atom. The van der Waals surface area contributed by atoms with E-state index in [1.807, 2.05) is 7.05 Å². The summed E-state index contributed by atoms with van der Waals surface area (Å²) < 4.78 is 24.1. The Bertz CT molecular complexity index is 332. The van der Waals surface area contributed by atoms with Crippen LogP contribution in [0.15, 0.2) is 12.2 Å². The number of likely N-dealkylation sites (N-methyl/N-ethyl adjacent to an activating group) is 1. The van der Waals surface area contributed by atoms with Gasteiger partial charge in [0.25, 0.3) is 0 Å². The second-order valence-corrected chi connectivity index (χ2v) is 6.20. The molecule has 0 aromatic rings. The van der Waals surface area contributed by atoms with Crippen molar-refractivity contribution in [2.75, 3.05) is 52.6 Å². The zero-order valence-corrected chi connectivity index (χ0v) is 10.9. The third-order valence-corrected chi connectivity index (χ3v) is 3.98. The molecule has 0 spiro atoms. The highest BCUT2D eigenvalue weighted by molar-refractivity contribution is 7.88. The van der Waals surface area contributed by atoms with Gasteiger partial charge in [0.05, 0.1) is 6.26 Å². The molecule has 16 heavy (non-hydrogen) atoms. The van der Waals surface area contributed by atoms with Crippen LogP contribution in [0.5, 0.6) is 0 Å². The molecule has 1 rings (SSSR count). The van der Waals surface area contributed by atoms with E-state index in [2.05, 4.69) is 16.8 Å². The minimum atomic E-state index is -3.02. The van der Waals surface area contributed by atoms with Gasteiger partial charge < -0.3 is 5.32 Å². The average Bonchev–Trinajstić information content (AvgIpc) is 2.17. The second-order valence-electron chi connectivity index (χ2n) is 4.22. The highest BCUT2D eigenvalue weighted by Gasteiger charge is 2.23. The largest absolute Gasteiger partial charge is 0.316 e. The molecule has 0 atom stereocenters. The van der Waals surface area contributed by atoms with Crippen molar-refractivity contribution < 1.29 is 8.42 Å². The van der Waals surface area contributed by atoms with Crippen molar-refractivity contribution in [3.63, 3.8) is 0 Å². The lowest BCUT2D eigenvalue weighted by Gasteiger charge is -2.33. The molecule has 0 saturated carbocycles. The van der Waals surface area contributed by atoms with Crippen LogP contribution >= 0.6 is 0 Å². The summed E-state index contributed by atoms with van der Waals surface area (Å²) in [6.07, 6.45) is 1.27. The monoisotopic (exact) mass is 247 g/mol. The van der Waals surface area contributed by atoms with E-state index in [0.29, 0.717) is 13.1 Å². The minimum Gasteiger partial charge on any atom is -0.316 e. The normalized spacial score (nSPS) is 19.9. The minimum absolute atomic E-state index is 0.589. The molecule has 0 aromatic heterocycles. The topological polar surface area (TPSA) is 52.6 Å². The molecule has 0 aliphatic carbocycles. The molecule has 0 unspecified atom stereocenters. The highest BCUT2D eigenvalue weighted by atomic mass is 32.2. The summed E-state index contributed by atoms with van der Waals surface area (Å²) in [5.74, 6) is 0. The molecule has 1 heterocycles. The first-order valence-electron chi connectivity index (χ1n) is 5.42. The summed E-state index contributed by atoms with van der Waals surface area (Å²) >= 11 is 0. The molecule has 94 valence electrons. The Morgan fingerprint density at radius 2 is 1.88 bits per heavy atom. The standard InChI is InChI=1S/C10H21N3O2S/c1-10(8-11-2)9-12-4-6-13(7-5-12)16(3,14)15/h11H,1,4-9H2,2-3H3. The van der Waals surface area contributed by atoms with E-state index in [4.69, 9.17) is 0 Å². The first-order chi connectivity index (χ1) is 7.43. The van der Waals surface area contributed by atoms with Crippen LogP contribution in [0.2, 0.25) is 0 Å². The summed E-state index contributed by atoms with van der Waals surface area (Å²) in [5, 5.41) is 3.06. The van der Waals surface area contributed by atoms with Crippen LogP contribution in [0, 0.1) is 0 Å². The van der Waals surface area contributed by atoms with Gasteiger partial charge in [-0.25, -0.2) is 8.42 Å². The Morgan fingerprint density at radius 3 is 2.31 bits per heavy atom. The maximum Gasteiger partial charge on any atom is 0.211 e. The predicted octanol–water partition coefficient (Wildman–Crippen LogP) is -0.661. The van der Waals surface area contributed by atoms with Gasteiger partial charge in [0, 0.05) is 39.3 Å². The quantitative estimate of drug-likeness (QED) is 0.655. The number of rotatable bonds is 5. The Labute approximate surface area is 98.2 Å². The van der Waals surface area contributed by atoms with Crippen molar-refractivity contribution in [2.45, 2.75) is 0 Å². The Balaban J connectivity index is 2.35. The molecule has 1 fully saturated rings. The number of nitrogens with one attached hydrogen (secondary N) is 1. The van der Waals surface area contributed by atoms with Gasteiger partial charge in [-0.2, -0.15) is 4.31 Å². The highest BCUT2D eigenvalue weighted by Crippen LogP contribution is 2.07. The van der Waals surface area contributed by atoms with Crippen molar-refractivity contribution in [3.8, 4) is 0 Å². The van der Waals surface area contributed by atoms with Crippen LogP contribution in [0.4, 0.5) is 0 Å². The first-order valence-corrected chi connectivity index (χ1v) is 7.27. The second kappa shape index (κ2) is 5.77. The molecule has 0 amide bonds. The molecular formula is C10H21N3O2S. The van der Waals surface area contributed by atoms with Gasteiger partial charge in [-0.3, -0.25) is 4.90 Å². The lowest BCUT2D eigenvalue weighted by Crippen LogP contribution is -2.48. The van der Waals surface area contributed by atoms with E-state index < -0.39 is 10.0 Å². The summed E-state index contributed by atoms with van der Waals surface area (Å²) in [5.41, 5.74) is 1.13. The van der Waals surface area contributed by atoms with E-state index in [1.165, 1.54) is 10.6 Å². The lowest BCUT2D eigenvalue weighted by molar-refractivity contribution is 0.201. The third kappa shape index (κ3) is 4.21. The van der Waals surface area contributed by atoms with E-state index in [-0.39, 0.29) is 0 Å². The van der Waals surface area contributed by atoms with Crippen molar-refractivity contribution >= 4 is 10.0 Å². The van der Waals surface area contributed by atoms with E-state index in [1.54, 1.807) is 0 Å². The van der Waals surface area contributed by atoms with Crippen LogP contribution in [-0.2, 0) is 10.0 Å². The smallest absolute Gasteiger partial charge is 0.211 e. The number of piperazine rings is 1. The summed E-state index contributed by atoms with van der Waals surface area (Å²) in [6, 6.07) is 0. The Kier molecular flexibility index (Phi) is 4.91. The van der Waals surface area contributed by atoms with Crippen LogP contribution in [-0.4, -0.2) is 70.2 Å². The number of sulfonamides is 1. The van der Waals surface area contributed by atoms with E-state index in [0.717, 1.165) is 31.8 Å². The SMILES string of the molecule is C=C(CNC)CN1CCN(S(C)(=O)=O)CC1. The van der Waals surface area contributed by atoms with Crippen molar-refractivity contribution in [1.29, 1.82) is 0 Å². The molecule has 6 heteroatoms. The molecule has 1 saturated heterocycles. The molecule has 1 aliphatic heterocycles. The molecule has 1 aliphatic rings. The van der Waals surface area contributed by atoms with Crippen LogP contribution in [0.25, 0.3) is 0 Å². The van der Waals surface area contributed by atoms with Gasteiger partial charge in [0.2, 0.25) is 10.0 Å². The third-order valence-electron chi connectivity index (χ3n) is 2.67. The van der Waals surface area contributed by atoms with Crippen molar-refractivity contribution in [2.24, 2.45) is 0 Å². The summed E-state index contributed by atoms with van der Waals surface area (Å²) in [7, 11) is -1.12. The number of hydrogen-bond acceptors (Lipinski definition) is 4. The number of nitrogens with zero attached hydrogens (tertiary/aromatic N) is 2. The zero-order valence-electron chi connectivity index (χ0n) is 10.1. The van der Waals surface area contributed by atoms with Crippen molar-refractivity contribution in [3.05, 3.63) is 12.2 Å². The van der Waals surface area contributed by atoms with Gasteiger partial charge in [-0.15, -0.1) is 0 Å². The molecule has 0 radical (unpaired) electrons. The van der Waals surface area contributed by atoms with Gasteiger partial charge in [0.15, 0.2) is 0 Å². The maximum absolute atomic E-state index is 11.3. The molecule has 0 aromatic carbocycles. The van der Waals surface area contributed by atoms with E-state index in [9.17, 15) is 8.42 Å². The molecule has 0 bridgehead atoms. The lowest BCUT2D eigenvalue weighted by atomic mass is 10.2. The van der Waals surface area contributed by atoms with Crippen LogP contribution < -0.4 is 5.32 Å². The molecule has 5 nitrogen and oxygen atoms in total.